The van der Waals surface area contributed by atoms with E-state index in [2.05, 4.69) is 10.5 Å². The Morgan fingerprint density at radius 1 is 1.00 bits per heavy atom. The largest absolute Gasteiger partial charge is 0.489 e. The quantitative estimate of drug-likeness (QED) is 0.583. The van der Waals surface area contributed by atoms with Crippen LogP contribution in [0.2, 0.25) is 10.0 Å². The third-order valence-electron chi connectivity index (χ3n) is 4.41. The Bertz CT molecular complexity index is 993. The van der Waals surface area contributed by atoms with Gasteiger partial charge in [-0.2, -0.15) is 0 Å². The van der Waals surface area contributed by atoms with E-state index in [1.807, 2.05) is 54.6 Å². The van der Waals surface area contributed by atoms with Crippen LogP contribution in [0.15, 0.2) is 72.9 Å². The molecule has 0 amide bonds. The Hall–Kier alpha value is -2.53. The minimum absolute atomic E-state index is 0.110. The maximum absolute atomic E-state index is 6.24. The zero-order chi connectivity index (χ0) is 19.3. The molecule has 1 N–H and O–H groups in total. The molecule has 0 saturated heterocycles. The second-order valence-electron chi connectivity index (χ2n) is 6.39. The average molecular weight is 413 g/mol. The molecule has 3 aromatic rings. The van der Waals surface area contributed by atoms with Gasteiger partial charge in [-0.25, -0.2) is 0 Å². The molecule has 0 spiro atoms. The smallest absolute Gasteiger partial charge is 0.123 e. The van der Waals surface area contributed by atoms with E-state index >= 15 is 0 Å². The highest BCUT2D eigenvalue weighted by Crippen LogP contribution is 2.27. The third-order valence-corrected chi connectivity index (χ3v) is 4.99. The Morgan fingerprint density at radius 3 is 2.68 bits per heavy atom. The summed E-state index contributed by atoms with van der Waals surface area (Å²) in [4.78, 5) is 10.0. The first-order valence-corrected chi connectivity index (χ1v) is 9.64. The molecule has 0 unspecified atom stereocenters. The number of hydroxylamine groups is 1. The van der Waals surface area contributed by atoms with Gasteiger partial charge in [-0.1, -0.05) is 53.5 Å². The number of para-hydroxylation sites is 1. The highest BCUT2D eigenvalue weighted by Gasteiger charge is 2.20. The zero-order valence-electron chi connectivity index (χ0n) is 14.9. The van der Waals surface area contributed by atoms with Gasteiger partial charge in [-0.05, 0) is 42.0 Å². The average Bonchev–Trinajstić information content (AvgIpc) is 3.18. The highest BCUT2D eigenvalue weighted by molar-refractivity contribution is 6.35. The summed E-state index contributed by atoms with van der Waals surface area (Å²) in [6, 6.07) is 19.1. The molecule has 2 heterocycles. The molecule has 6 heteroatoms. The van der Waals surface area contributed by atoms with Gasteiger partial charge in [0.2, 0.25) is 0 Å². The molecule has 0 fully saturated rings. The maximum Gasteiger partial charge on any atom is 0.123 e. The molecule has 1 aliphatic rings. The van der Waals surface area contributed by atoms with Gasteiger partial charge < -0.3 is 4.74 Å². The second kappa shape index (κ2) is 8.65. The summed E-state index contributed by atoms with van der Waals surface area (Å²) in [5, 5.41) is 1.20. The van der Waals surface area contributed by atoms with Gasteiger partial charge in [-0.3, -0.25) is 15.3 Å². The molecule has 4 nitrogen and oxygen atoms in total. The fourth-order valence-corrected chi connectivity index (χ4v) is 3.44. The molecule has 2 aromatic carbocycles. The highest BCUT2D eigenvalue weighted by atomic mass is 35.5. The van der Waals surface area contributed by atoms with Crippen molar-refractivity contribution in [3.63, 3.8) is 0 Å². The minimum atomic E-state index is -0.110. The lowest BCUT2D eigenvalue weighted by molar-refractivity contribution is 0.0514. The lowest BCUT2D eigenvalue weighted by Gasteiger charge is -2.14. The lowest BCUT2D eigenvalue weighted by Crippen LogP contribution is -2.15. The van der Waals surface area contributed by atoms with Gasteiger partial charge in [0.15, 0.2) is 0 Å². The number of hydrogen-bond acceptors (Lipinski definition) is 4. The van der Waals surface area contributed by atoms with Gasteiger partial charge in [0.05, 0.1) is 11.4 Å². The van der Waals surface area contributed by atoms with Gasteiger partial charge in [0, 0.05) is 28.2 Å². The summed E-state index contributed by atoms with van der Waals surface area (Å²) in [5.74, 6) is 0.803. The summed E-state index contributed by atoms with van der Waals surface area (Å²) < 4.78 is 6.03. The Labute approximate surface area is 173 Å². The fraction of sp³-hybridized carbons (Fsp3) is 0.136. The summed E-state index contributed by atoms with van der Waals surface area (Å²) in [6.07, 6.45) is 4.36. The number of halogens is 2. The first-order valence-electron chi connectivity index (χ1n) is 8.88. The van der Waals surface area contributed by atoms with E-state index in [1.54, 1.807) is 18.3 Å². The first-order chi connectivity index (χ1) is 13.7. The van der Waals surface area contributed by atoms with Crippen molar-refractivity contribution in [1.82, 2.24) is 10.5 Å². The normalized spacial score (nSPS) is 15.8. The molecule has 28 heavy (non-hydrogen) atoms. The molecular weight excluding hydrogens is 395 g/mol. The Morgan fingerprint density at radius 2 is 1.86 bits per heavy atom. The predicted octanol–water partition coefficient (Wildman–Crippen LogP) is 5.45. The number of ether oxygens (including phenoxy) is 1. The van der Waals surface area contributed by atoms with Crippen LogP contribution in [0.1, 0.15) is 16.8 Å². The molecule has 1 atom stereocenters. The second-order valence-corrected chi connectivity index (χ2v) is 7.23. The van der Waals surface area contributed by atoms with E-state index in [1.165, 1.54) is 0 Å². The molecule has 0 bridgehead atoms. The predicted molar refractivity (Wildman–Crippen MR) is 111 cm³/mol. The van der Waals surface area contributed by atoms with Crippen LogP contribution in [0.4, 0.5) is 0 Å². The minimum Gasteiger partial charge on any atom is -0.489 e. The van der Waals surface area contributed by atoms with Crippen LogP contribution < -0.4 is 10.2 Å². The first kappa shape index (κ1) is 18.8. The topological polar surface area (TPSA) is 43.4 Å². The van der Waals surface area contributed by atoms with Crippen molar-refractivity contribution in [2.24, 2.45) is 0 Å². The third kappa shape index (κ3) is 4.47. The molecule has 142 valence electrons. The summed E-state index contributed by atoms with van der Waals surface area (Å²) in [6.45, 7) is 0.367. The number of nitrogens with zero attached hydrogens (tertiary/aromatic N) is 1. The molecule has 4 rings (SSSR count). The van der Waals surface area contributed by atoms with Crippen LogP contribution in [-0.2, 0) is 17.9 Å². The van der Waals surface area contributed by atoms with E-state index in [0.717, 1.165) is 28.3 Å². The number of rotatable bonds is 6. The summed E-state index contributed by atoms with van der Waals surface area (Å²) in [7, 11) is 0. The van der Waals surface area contributed by atoms with Gasteiger partial charge in [-0.15, -0.1) is 0 Å². The van der Waals surface area contributed by atoms with Crippen molar-refractivity contribution in [3.8, 4) is 5.75 Å². The van der Waals surface area contributed by atoms with Crippen molar-refractivity contribution in [2.45, 2.75) is 19.1 Å². The standard InChI is InChI=1S/C22H18Cl2N2O2/c23-17-9-8-16(19(24)12-17)14-27-22-7-2-1-5-15(22)11-18-13-21(26-28-18)20-6-3-4-10-25-20/h1-10,12-13,18,26H,11,14H2/t18-/m0/s1. The SMILES string of the molecule is Clc1ccc(COc2ccccc2C[C@H]2C=C(c3ccccn3)NO2)c(Cl)c1. The van der Waals surface area contributed by atoms with Crippen LogP contribution in [-0.4, -0.2) is 11.1 Å². The monoisotopic (exact) mass is 412 g/mol. The van der Waals surface area contributed by atoms with Gasteiger partial charge >= 0.3 is 0 Å². The number of aromatic nitrogens is 1. The van der Waals surface area contributed by atoms with Crippen LogP contribution in [0.3, 0.4) is 0 Å². The summed E-state index contributed by atoms with van der Waals surface area (Å²) in [5.41, 5.74) is 6.63. The summed E-state index contributed by atoms with van der Waals surface area (Å²) >= 11 is 12.2. The van der Waals surface area contributed by atoms with Crippen LogP contribution >= 0.6 is 23.2 Å². The number of hydrogen-bond donors (Lipinski definition) is 1. The lowest BCUT2D eigenvalue weighted by atomic mass is 10.1. The van der Waals surface area contributed by atoms with Crippen molar-refractivity contribution in [3.05, 3.63) is 99.8 Å². The van der Waals surface area contributed by atoms with Crippen molar-refractivity contribution >= 4 is 28.9 Å². The van der Waals surface area contributed by atoms with Crippen molar-refractivity contribution in [2.75, 3.05) is 0 Å². The molecule has 0 aliphatic carbocycles. The molecule has 1 aliphatic heterocycles. The fourth-order valence-electron chi connectivity index (χ4n) is 2.98. The number of pyridine rings is 1. The van der Waals surface area contributed by atoms with Crippen LogP contribution in [0.25, 0.3) is 5.70 Å². The molecular formula is C22H18Cl2N2O2. The molecule has 0 radical (unpaired) electrons. The molecule has 1 aromatic heterocycles. The maximum atomic E-state index is 6.24. The number of benzene rings is 2. The van der Waals surface area contributed by atoms with Gasteiger partial charge in [0.25, 0.3) is 0 Å². The Balaban J connectivity index is 1.45. The van der Waals surface area contributed by atoms with Gasteiger partial charge in [0.1, 0.15) is 18.5 Å². The van der Waals surface area contributed by atoms with Crippen LogP contribution in [0, 0.1) is 0 Å². The number of nitrogens with one attached hydrogen (secondary N) is 1. The van der Waals surface area contributed by atoms with E-state index in [4.69, 9.17) is 32.8 Å². The van der Waals surface area contributed by atoms with E-state index < -0.39 is 0 Å². The van der Waals surface area contributed by atoms with Crippen molar-refractivity contribution < 1.29 is 9.57 Å². The van der Waals surface area contributed by atoms with E-state index in [0.29, 0.717) is 23.1 Å². The zero-order valence-corrected chi connectivity index (χ0v) is 16.5. The van der Waals surface area contributed by atoms with Crippen LogP contribution in [0.5, 0.6) is 5.75 Å². The molecule has 0 saturated carbocycles. The van der Waals surface area contributed by atoms with Crippen molar-refractivity contribution in [1.29, 1.82) is 0 Å². The Kier molecular flexibility index (Phi) is 5.81. The van der Waals surface area contributed by atoms with E-state index in [9.17, 15) is 0 Å². The van der Waals surface area contributed by atoms with E-state index in [-0.39, 0.29) is 6.10 Å².